The van der Waals surface area contributed by atoms with Crippen LogP contribution in [0.4, 0.5) is 17.6 Å². The molecule has 4 heterocycles. The monoisotopic (exact) mass is 577 g/mol. The molecule has 0 saturated carbocycles. The van der Waals surface area contributed by atoms with Gasteiger partial charge in [0, 0.05) is 30.4 Å². The zero-order chi connectivity index (χ0) is 26.7. The largest absolute Gasteiger partial charge is 0.487 e. The minimum Gasteiger partial charge on any atom is -0.487 e. The molecule has 5 rings (SSSR count). The number of fused-ring (bicyclic) bond motifs is 1. The first-order valence-electron chi connectivity index (χ1n) is 10.5. The number of piperidine rings is 1. The maximum atomic E-state index is 14.3. The normalized spacial score (nSPS) is 20.3. The molecule has 1 fully saturated rings. The molecule has 1 unspecified atom stereocenters. The first kappa shape index (κ1) is 25.6. The quantitative estimate of drug-likeness (QED) is 0.298. The molecule has 1 aromatic carbocycles. The average molecular weight is 579 g/mol. The first-order chi connectivity index (χ1) is 17.3. The van der Waals surface area contributed by atoms with Crippen LogP contribution in [0.15, 0.2) is 35.1 Å². The summed E-state index contributed by atoms with van der Waals surface area (Å²) in [7, 11) is 0. The van der Waals surface area contributed by atoms with Crippen molar-refractivity contribution in [2.45, 2.75) is 31.3 Å². The number of halogens is 7. The van der Waals surface area contributed by atoms with Crippen molar-refractivity contribution in [1.82, 2.24) is 24.8 Å². The number of rotatable bonds is 4. The number of aromatic nitrogens is 4. The Morgan fingerprint density at radius 2 is 1.89 bits per heavy atom. The number of hydrogen-bond acceptors (Lipinski definition) is 6. The van der Waals surface area contributed by atoms with E-state index in [4.69, 9.17) is 44.1 Å². The van der Waals surface area contributed by atoms with Crippen LogP contribution in [0, 0.1) is 0 Å². The van der Waals surface area contributed by atoms with Gasteiger partial charge in [0.25, 0.3) is 11.8 Å². The lowest BCUT2D eigenvalue weighted by Crippen LogP contribution is -2.53. The van der Waals surface area contributed by atoms with Crippen LogP contribution in [0.25, 0.3) is 28.6 Å². The second-order valence-electron chi connectivity index (χ2n) is 8.47. The Morgan fingerprint density at radius 1 is 1.14 bits per heavy atom. The van der Waals surface area contributed by atoms with Crippen LogP contribution in [-0.4, -0.2) is 43.7 Å². The molecule has 8 nitrogen and oxygen atoms in total. The maximum Gasteiger partial charge on any atom is 0.417 e. The number of benzene rings is 1. The predicted molar refractivity (Wildman–Crippen MR) is 126 cm³/mol. The highest BCUT2D eigenvalue weighted by Crippen LogP contribution is 2.38. The van der Waals surface area contributed by atoms with E-state index in [0.29, 0.717) is 0 Å². The summed E-state index contributed by atoms with van der Waals surface area (Å²) in [5.41, 5.74) is -2.62. The van der Waals surface area contributed by atoms with E-state index in [1.54, 1.807) is 0 Å². The van der Waals surface area contributed by atoms with Gasteiger partial charge in [-0.2, -0.15) is 18.2 Å². The summed E-state index contributed by atoms with van der Waals surface area (Å²) < 4.78 is 65.7. The summed E-state index contributed by atoms with van der Waals surface area (Å²) in [6.45, 7) is 1.26. The Labute approximate surface area is 220 Å². The van der Waals surface area contributed by atoms with Crippen LogP contribution >= 0.6 is 34.8 Å². The molecule has 37 heavy (non-hydrogen) atoms. The van der Waals surface area contributed by atoms with E-state index in [1.807, 2.05) is 0 Å². The summed E-state index contributed by atoms with van der Waals surface area (Å²) in [6, 6.07) is 3.58. The third kappa shape index (κ3) is 4.92. The molecule has 1 saturated heterocycles. The molecule has 1 N–H and O–H groups in total. The second-order valence-corrected chi connectivity index (χ2v) is 9.69. The standard InChI is InChI=1S/C22H14Cl3F4N5O3/c1-21(26)5-10(6-30-20(21)35)36-16-4-12(23)11(3-13(16)24)17-32-19(37-33-17)15-8-34-7-9(22(27,28)29)2-14(25)18(34)31-15/h2-4,7-8,10H,5-6H2,1H3,(H,30,35)/t10-,21?/m1/s1. The van der Waals surface area contributed by atoms with Crippen molar-refractivity contribution in [1.29, 1.82) is 0 Å². The van der Waals surface area contributed by atoms with Crippen molar-refractivity contribution < 1.29 is 31.6 Å². The molecule has 1 aliphatic rings. The Morgan fingerprint density at radius 3 is 2.59 bits per heavy atom. The molecule has 0 radical (unpaired) electrons. The summed E-state index contributed by atoms with van der Waals surface area (Å²) >= 11 is 18.7. The molecule has 2 atom stereocenters. The fourth-order valence-electron chi connectivity index (χ4n) is 3.79. The molecule has 0 bridgehead atoms. The van der Waals surface area contributed by atoms with E-state index >= 15 is 0 Å². The lowest BCUT2D eigenvalue weighted by molar-refractivity contribution is -0.138. The van der Waals surface area contributed by atoms with E-state index < -0.39 is 29.4 Å². The van der Waals surface area contributed by atoms with E-state index in [1.165, 1.54) is 18.3 Å². The minimum absolute atomic E-state index is 0.0221. The number of carbonyl (C=O) groups excluding carboxylic acids is 1. The smallest absolute Gasteiger partial charge is 0.417 e. The number of amides is 1. The zero-order valence-corrected chi connectivity index (χ0v) is 20.8. The fraction of sp³-hybridized carbons (Fsp3) is 0.273. The highest BCUT2D eigenvalue weighted by Gasteiger charge is 2.41. The van der Waals surface area contributed by atoms with Crippen LogP contribution in [0.5, 0.6) is 5.75 Å². The van der Waals surface area contributed by atoms with Gasteiger partial charge in [-0.25, -0.2) is 9.37 Å². The van der Waals surface area contributed by atoms with Gasteiger partial charge in [-0.05, 0) is 19.1 Å². The number of ether oxygens (including phenoxy) is 1. The van der Waals surface area contributed by atoms with Crippen molar-refractivity contribution in [3.05, 3.63) is 51.2 Å². The van der Waals surface area contributed by atoms with Gasteiger partial charge in [0.1, 0.15) is 17.5 Å². The Balaban J connectivity index is 1.41. The van der Waals surface area contributed by atoms with Crippen LogP contribution in [0.2, 0.25) is 15.1 Å². The maximum absolute atomic E-state index is 14.3. The number of alkyl halides is 4. The zero-order valence-electron chi connectivity index (χ0n) is 18.5. The number of pyridine rings is 1. The van der Waals surface area contributed by atoms with E-state index in [9.17, 15) is 22.4 Å². The van der Waals surface area contributed by atoms with Gasteiger partial charge in [0.15, 0.2) is 11.3 Å². The van der Waals surface area contributed by atoms with E-state index in [2.05, 4.69) is 20.4 Å². The van der Waals surface area contributed by atoms with Crippen LogP contribution in [-0.2, 0) is 11.0 Å². The Bertz CT molecular complexity index is 1540. The highest BCUT2D eigenvalue weighted by atomic mass is 35.5. The molecule has 4 aromatic rings. The van der Waals surface area contributed by atoms with Gasteiger partial charge in [0.05, 0.1) is 27.2 Å². The van der Waals surface area contributed by atoms with Crippen molar-refractivity contribution in [2.75, 3.05) is 6.54 Å². The molecular weight excluding hydrogens is 565 g/mol. The minimum atomic E-state index is -4.59. The number of carbonyl (C=O) groups is 1. The third-order valence-electron chi connectivity index (χ3n) is 5.61. The van der Waals surface area contributed by atoms with Crippen LogP contribution in [0.3, 0.4) is 0 Å². The highest BCUT2D eigenvalue weighted by molar-refractivity contribution is 6.36. The summed E-state index contributed by atoms with van der Waals surface area (Å²) in [6.07, 6.45) is -3.34. The topological polar surface area (TPSA) is 94.6 Å². The number of imidazole rings is 1. The molecule has 3 aromatic heterocycles. The fourth-order valence-corrected chi connectivity index (χ4v) is 4.49. The number of hydrogen-bond donors (Lipinski definition) is 1. The Hall–Kier alpha value is -3.09. The SMILES string of the molecule is CC1(F)C[C@@H](Oc2cc(Cl)c(-c3noc(-c4cn5cc(C(F)(F)F)cc(Cl)c5n4)n3)cc2Cl)CNC1=O. The third-order valence-corrected chi connectivity index (χ3v) is 6.50. The van der Waals surface area contributed by atoms with Gasteiger partial charge >= 0.3 is 6.18 Å². The molecule has 0 spiro atoms. The van der Waals surface area contributed by atoms with Gasteiger partial charge in [0.2, 0.25) is 5.82 Å². The molecule has 0 aliphatic carbocycles. The lowest BCUT2D eigenvalue weighted by Gasteiger charge is -2.32. The molecule has 1 amide bonds. The van der Waals surface area contributed by atoms with Crippen molar-refractivity contribution in [2.24, 2.45) is 0 Å². The van der Waals surface area contributed by atoms with Gasteiger partial charge < -0.3 is 19.0 Å². The average Bonchev–Trinajstić information content (AvgIpc) is 3.45. The predicted octanol–water partition coefficient (Wildman–Crippen LogP) is 6.03. The van der Waals surface area contributed by atoms with Gasteiger partial charge in [-0.3, -0.25) is 4.79 Å². The van der Waals surface area contributed by atoms with Crippen molar-refractivity contribution in [3.8, 4) is 28.7 Å². The first-order valence-corrected chi connectivity index (χ1v) is 11.7. The van der Waals surface area contributed by atoms with E-state index in [-0.39, 0.29) is 62.4 Å². The van der Waals surface area contributed by atoms with Crippen molar-refractivity contribution >= 4 is 46.4 Å². The van der Waals surface area contributed by atoms with Crippen molar-refractivity contribution in [3.63, 3.8) is 0 Å². The molecule has 194 valence electrons. The molecular formula is C22H14Cl3F4N5O3. The van der Waals surface area contributed by atoms with Gasteiger partial charge in [-0.15, -0.1) is 0 Å². The van der Waals surface area contributed by atoms with Gasteiger partial charge in [-0.1, -0.05) is 40.0 Å². The van der Waals surface area contributed by atoms with Crippen LogP contribution in [0.1, 0.15) is 18.9 Å². The lowest BCUT2D eigenvalue weighted by atomic mass is 9.95. The summed E-state index contributed by atoms with van der Waals surface area (Å²) in [5.74, 6) is -0.634. The second kappa shape index (κ2) is 9.03. The van der Waals surface area contributed by atoms with Crippen LogP contribution < -0.4 is 10.1 Å². The summed E-state index contributed by atoms with van der Waals surface area (Å²) in [4.78, 5) is 20.0. The molecule has 1 aliphatic heterocycles. The van der Waals surface area contributed by atoms with E-state index in [0.717, 1.165) is 23.6 Å². The number of nitrogens with zero attached hydrogens (tertiary/aromatic N) is 4. The molecule has 15 heteroatoms. The Kier molecular flexibility index (Phi) is 6.24. The summed E-state index contributed by atoms with van der Waals surface area (Å²) in [5, 5.41) is 6.32. The number of nitrogens with one attached hydrogen (secondary N) is 1.